The van der Waals surface area contributed by atoms with Crippen molar-refractivity contribution >= 4 is 23.0 Å². The molecule has 2 fully saturated rings. The van der Waals surface area contributed by atoms with Gasteiger partial charge in [0, 0.05) is 50.7 Å². The average Bonchev–Trinajstić information content (AvgIpc) is 2.91. The lowest BCUT2D eigenvalue weighted by Crippen LogP contribution is -2.53. The quantitative estimate of drug-likeness (QED) is 0.402. The van der Waals surface area contributed by atoms with Crippen molar-refractivity contribution < 1.29 is 14.5 Å². The zero-order valence-electron chi connectivity index (χ0n) is 20.8. The number of ether oxygens (including phenoxy) is 1. The number of hydrogen-bond acceptors (Lipinski definition) is 6. The average molecular weight is 481 g/mol. The zero-order chi connectivity index (χ0) is 24.8. The fraction of sp³-hybridized carbons (Fsp3) is 0.519. The lowest BCUT2D eigenvalue weighted by Gasteiger charge is -2.41. The Morgan fingerprint density at radius 2 is 1.71 bits per heavy atom. The second-order valence-corrected chi connectivity index (χ2v) is 9.57. The normalized spacial score (nSPS) is 18.2. The third-order valence-corrected chi connectivity index (χ3v) is 7.40. The third kappa shape index (κ3) is 5.75. The topological polar surface area (TPSA) is 79.2 Å². The minimum atomic E-state index is -0.382. The van der Waals surface area contributed by atoms with Gasteiger partial charge in [-0.2, -0.15) is 0 Å². The highest BCUT2D eigenvalue weighted by Gasteiger charge is 2.33. The number of nitrogens with zero attached hydrogens (tertiary/aromatic N) is 4. The molecular weight excluding hydrogens is 444 g/mol. The standard InChI is InChI=1S/C27H36N4O4/c1-21(28-16-18-29(19-17-28)25-14-8-9-15-26(25)35-2)20-30(27(32)22-10-4-3-5-11-22)23-12-6-7-13-24(23)31(33)34/h6-9,12-15,21-22H,3-5,10-11,16-20H2,1-2H3. The lowest BCUT2D eigenvalue weighted by atomic mass is 9.88. The summed E-state index contributed by atoms with van der Waals surface area (Å²) >= 11 is 0. The second kappa shape index (κ2) is 11.5. The van der Waals surface area contributed by atoms with E-state index in [1.165, 1.54) is 6.07 Å². The molecule has 2 aromatic rings. The molecule has 1 amide bonds. The first kappa shape index (κ1) is 25.0. The molecule has 2 aliphatic rings. The smallest absolute Gasteiger partial charge is 0.292 e. The molecule has 1 saturated heterocycles. The van der Waals surface area contributed by atoms with E-state index in [-0.39, 0.29) is 28.5 Å². The molecule has 0 bridgehead atoms. The van der Waals surface area contributed by atoms with E-state index in [1.807, 2.05) is 18.2 Å². The molecule has 8 nitrogen and oxygen atoms in total. The molecule has 1 atom stereocenters. The number of nitro groups is 1. The van der Waals surface area contributed by atoms with Gasteiger partial charge in [-0.25, -0.2) is 0 Å². The van der Waals surface area contributed by atoms with E-state index < -0.39 is 0 Å². The first-order valence-electron chi connectivity index (χ1n) is 12.7. The number of anilines is 2. The molecule has 4 rings (SSSR count). The summed E-state index contributed by atoms with van der Waals surface area (Å²) in [6.45, 7) is 5.96. The summed E-state index contributed by atoms with van der Waals surface area (Å²) in [7, 11) is 1.69. The van der Waals surface area contributed by atoms with Gasteiger partial charge in [0.1, 0.15) is 11.4 Å². The highest BCUT2D eigenvalue weighted by molar-refractivity contribution is 5.97. The Bertz CT molecular complexity index is 1020. The highest BCUT2D eigenvalue weighted by atomic mass is 16.6. The van der Waals surface area contributed by atoms with Crippen LogP contribution in [0.25, 0.3) is 0 Å². The molecule has 1 saturated carbocycles. The van der Waals surface area contributed by atoms with Crippen molar-refractivity contribution in [1.29, 1.82) is 0 Å². The van der Waals surface area contributed by atoms with Crippen molar-refractivity contribution in [3.05, 3.63) is 58.6 Å². The van der Waals surface area contributed by atoms with Crippen LogP contribution >= 0.6 is 0 Å². The molecule has 1 aliphatic carbocycles. The van der Waals surface area contributed by atoms with Crippen LogP contribution in [-0.2, 0) is 4.79 Å². The van der Waals surface area contributed by atoms with Gasteiger partial charge in [-0.1, -0.05) is 43.5 Å². The number of carbonyl (C=O) groups is 1. The van der Waals surface area contributed by atoms with Crippen molar-refractivity contribution in [3.8, 4) is 5.75 Å². The first-order valence-corrected chi connectivity index (χ1v) is 12.7. The maximum absolute atomic E-state index is 13.7. The molecule has 0 radical (unpaired) electrons. The van der Waals surface area contributed by atoms with Gasteiger partial charge >= 0.3 is 0 Å². The molecular formula is C27H36N4O4. The summed E-state index contributed by atoms with van der Waals surface area (Å²) in [6, 6.07) is 14.8. The Hall–Kier alpha value is -3.13. The Morgan fingerprint density at radius 3 is 2.40 bits per heavy atom. The highest BCUT2D eigenvalue weighted by Crippen LogP contribution is 2.33. The minimum absolute atomic E-state index is 0.00940. The number of piperazine rings is 1. The fourth-order valence-corrected chi connectivity index (χ4v) is 5.40. The van der Waals surface area contributed by atoms with E-state index >= 15 is 0 Å². The number of para-hydroxylation sites is 4. The number of benzene rings is 2. The Labute approximate surface area is 207 Å². The van der Waals surface area contributed by atoms with Gasteiger partial charge in [0.05, 0.1) is 17.7 Å². The molecule has 0 aromatic heterocycles. The Balaban J connectivity index is 1.49. The molecule has 1 unspecified atom stereocenters. The summed E-state index contributed by atoms with van der Waals surface area (Å²) in [5, 5.41) is 11.8. The monoisotopic (exact) mass is 480 g/mol. The van der Waals surface area contributed by atoms with E-state index in [0.717, 1.165) is 69.7 Å². The Morgan fingerprint density at radius 1 is 1.06 bits per heavy atom. The van der Waals surface area contributed by atoms with Crippen LogP contribution in [-0.4, -0.2) is 61.6 Å². The minimum Gasteiger partial charge on any atom is -0.495 e. The van der Waals surface area contributed by atoms with E-state index in [9.17, 15) is 14.9 Å². The molecule has 1 heterocycles. The number of rotatable bonds is 8. The van der Waals surface area contributed by atoms with Crippen LogP contribution in [0.3, 0.4) is 0 Å². The molecule has 0 spiro atoms. The molecule has 8 heteroatoms. The van der Waals surface area contributed by atoms with Crippen molar-refractivity contribution in [2.75, 3.05) is 49.6 Å². The van der Waals surface area contributed by atoms with Gasteiger partial charge in [-0.05, 0) is 38.0 Å². The van der Waals surface area contributed by atoms with Gasteiger partial charge in [0.2, 0.25) is 5.91 Å². The van der Waals surface area contributed by atoms with Gasteiger partial charge < -0.3 is 14.5 Å². The van der Waals surface area contributed by atoms with Crippen LogP contribution < -0.4 is 14.5 Å². The summed E-state index contributed by atoms with van der Waals surface area (Å²) < 4.78 is 5.53. The van der Waals surface area contributed by atoms with Gasteiger partial charge in [0.25, 0.3) is 5.69 Å². The SMILES string of the molecule is COc1ccccc1N1CCN(C(C)CN(C(=O)C2CCCCC2)c2ccccc2[N+](=O)[O-])CC1. The van der Waals surface area contributed by atoms with Gasteiger partial charge in [-0.3, -0.25) is 19.8 Å². The summed E-state index contributed by atoms with van der Waals surface area (Å²) in [5.41, 5.74) is 1.49. The first-order chi connectivity index (χ1) is 17.0. The van der Waals surface area contributed by atoms with Crippen LogP contribution in [0.15, 0.2) is 48.5 Å². The van der Waals surface area contributed by atoms with Crippen LogP contribution in [0.1, 0.15) is 39.0 Å². The zero-order valence-corrected chi connectivity index (χ0v) is 20.8. The van der Waals surface area contributed by atoms with Crippen molar-refractivity contribution in [1.82, 2.24) is 4.90 Å². The number of carbonyl (C=O) groups excluding carboxylic acids is 1. The lowest BCUT2D eigenvalue weighted by molar-refractivity contribution is -0.384. The maximum Gasteiger partial charge on any atom is 0.292 e. The number of nitro benzene ring substituents is 1. The van der Waals surface area contributed by atoms with Crippen LogP contribution in [0.4, 0.5) is 17.1 Å². The van der Waals surface area contributed by atoms with E-state index in [4.69, 9.17) is 4.74 Å². The molecule has 1 aliphatic heterocycles. The second-order valence-electron chi connectivity index (χ2n) is 9.57. The van der Waals surface area contributed by atoms with Gasteiger partial charge in [0.15, 0.2) is 0 Å². The van der Waals surface area contributed by atoms with E-state index in [2.05, 4.69) is 22.8 Å². The number of amides is 1. The summed E-state index contributed by atoms with van der Waals surface area (Å²) in [4.78, 5) is 31.5. The van der Waals surface area contributed by atoms with Crippen molar-refractivity contribution in [2.24, 2.45) is 5.92 Å². The van der Waals surface area contributed by atoms with Crippen molar-refractivity contribution in [3.63, 3.8) is 0 Å². The third-order valence-electron chi connectivity index (χ3n) is 7.40. The van der Waals surface area contributed by atoms with Crippen LogP contribution in [0.5, 0.6) is 5.75 Å². The van der Waals surface area contributed by atoms with Gasteiger partial charge in [-0.15, -0.1) is 0 Å². The predicted octanol–water partition coefficient (Wildman–Crippen LogP) is 4.73. The molecule has 0 N–H and O–H groups in total. The van der Waals surface area contributed by atoms with E-state index in [0.29, 0.717) is 12.2 Å². The molecule has 2 aromatic carbocycles. The number of methoxy groups -OCH3 is 1. The maximum atomic E-state index is 13.7. The molecule has 188 valence electrons. The molecule has 35 heavy (non-hydrogen) atoms. The summed E-state index contributed by atoms with van der Waals surface area (Å²) in [6.07, 6.45) is 4.97. The van der Waals surface area contributed by atoms with E-state index in [1.54, 1.807) is 30.2 Å². The fourth-order valence-electron chi connectivity index (χ4n) is 5.40. The van der Waals surface area contributed by atoms with Crippen LogP contribution in [0, 0.1) is 16.0 Å². The number of hydrogen-bond donors (Lipinski definition) is 0. The Kier molecular flexibility index (Phi) is 8.23. The van der Waals surface area contributed by atoms with Crippen LogP contribution in [0.2, 0.25) is 0 Å². The predicted molar refractivity (Wildman–Crippen MR) is 138 cm³/mol. The van der Waals surface area contributed by atoms with Crippen molar-refractivity contribution in [2.45, 2.75) is 45.1 Å². The largest absolute Gasteiger partial charge is 0.495 e. The summed E-state index contributed by atoms with van der Waals surface area (Å²) in [5.74, 6) is 0.839.